The molecular formula is C16H23NO2. The van der Waals surface area contributed by atoms with Gasteiger partial charge in [0.25, 0.3) is 5.91 Å². The molecule has 0 spiro atoms. The van der Waals surface area contributed by atoms with Crippen molar-refractivity contribution >= 4 is 5.91 Å². The van der Waals surface area contributed by atoms with Crippen LogP contribution in [0.1, 0.15) is 38.4 Å². The molecule has 3 nitrogen and oxygen atoms in total. The average molecular weight is 261 g/mol. The van der Waals surface area contributed by atoms with Gasteiger partial charge < -0.3 is 10.1 Å². The number of carbonyl (C=O) groups excluding carboxylic acids is 1. The third-order valence-electron chi connectivity index (χ3n) is 2.76. The summed E-state index contributed by atoms with van der Waals surface area (Å²) in [5.74, 6) is -0.0656. The standard InChI is InChI=1S/C16H23NO2/c1-3-5-12-17-16(18)15(19-13-6-4-2)14-10-8-7-9-11-14/h4,6-11,15H,3,5,12-13H2,1-2H3,(H,17,18)/b6-4+. The van der Waals surface area contributed by atoms with E-state index in [1.165, 1.54) is 0 Å². The molecule has 19 heavy (non-hydrogen) atoms. The lowest BCUT2D eigenvalue weighted by Gasteiger charge is -2.17. The molecule has 1 rings (SSSR count). The van der Waals surface area contributed by atoms with E-state index in [2.05, 4.69) is 12.2 Å². The SMILES string of the molecule is C/C=C/COC(C(=O)NCCCC)c1ccccc1. The molecule has 1 unspecified atom stereocenters. The fraction of sp³-hybridized carbons (Fsp3) is 0.438. The lowest BCUT2D eigenvalue weighted by atomic mass is 10.1. The molecule has 104 valence electrons. The molecule has 0 heterocycles. The third-order valence-corrected chi connectivity index (χ3v) is 2.76. The minimum absolute atomic E-state index is 0.0656. The zero-order valence-electron chi connectivity index (χ0n) is 11.8. The van der Waals surface area contributed by atoms with E-state index < -0.39 is 6.10 Å². The summed E-state index contributed by atoms with van der Waals surface area (Å²) in [6.07, 6.45) is 5.33. The Morgan fingerprint density at radius 3 is 2.74 bits per heavy atom. The van der Waals surface area contributed by atoms with Crippen LogP contribution >= 0.6 is 0 Å². The Labute approximate surface area is 115 Å². The van der Waals surface area contributed by atoms with Gasteiger partial charge >= 0.3 is 0 Å². The summed E-state index contributed by atoms with van der Waals surface area (Å²) in [4.78, 5) is 12.2. The van der Waals surface area contributed by atoms with Gasteiger partial charge in [-0.05, 0) is 18.9 Å². The van der Waals surface area contributed by atoms with Crippen LogP contribution in [-0.4, -0.2) is 19.1 Å². The van der Waals surface area contributed by atoms with Gasteiger partial charge in [0, 0.05) is 6.54 Å². The number of carbonyl (C=O) groups is 1. The summed E-state index contributed by atoms with van der Waals surface area (Å²) < 4.78 is 5.66. The first kappa shape index (κ1) is 15.4. The first-order valence-corrected chi connectivity index (χ1v) is 6.85. The van der Waals surface area contributed by atoms with Gasteiger partial charge in [0.1, 0.15) is 0 Å². The molecule has 0 saturated heterocycles. The van der Waals surface area contributed by atoms with Crippen molar-refractivity contribution in [3.05, 3.63) is 48.0 Å². The van der Waals surface area contributed by atoms with Crippen molar-refractivity contribution in [2.75, 3.05) is 13.2 Å². The van der Waals surface area contributed by atoms with Crippen molar-refractivity contribution in [3.8, 4) is 0 Å². The van der Waals surface area contributed by atoms with Gasteiger partial charge in [0.2, 0.25) is 0 Å². The Bertz CT molecular complexity index is 387. The number of allylic oxidation sites excluding steroid dienone is 1. The number of ether oxygens (including phenoxy) is 1. The van der Waals surface area contributed by atoms with Gasteiger partial charge in [0.05, 0.1) is 6.61 Å². The molecule has 3 heteroatoms. The van der Waals surface area contributed by atoms with Crippen molar-refractivity contribution in [2.24, 2.45) is 0 Å². The highest BCUT2D eigenvalue weighted by atomic mass is 16.5. The Morgan fingerprint density at radius 1 is 1.37 bits per heavy atom. The van der Waals surface area contributed by atoms with Crippen LogP contribution in [0.3, 0.4) is 0 Å². The number of hydrogen-bond donors (Lipinski definition) is 1. The van der Waals surface area contributed by atoms with Crippen molar-refractivity contribution < 1.29 is 9.53 Å². The van der Waals surface area contributed by atoms with E-state index >= 15 is 0 Å². The van der Waals surface area contributed by atoms with Gasteiger partial charge in [0.15, 0.2) is 6.10 Å². The van der Waals surface area contributed by atoms with Crippen LogP contribution in [0.5, 0.6) is 0 Å². The largest absolute Gasteiger partial charge is 0.360 e. The third kappa shape index (κ3) is 5.71. The molecule has 0 aliphatic carbocycles. The van der Waals surface area contributed by atoms with Gasteiger partial charge in [-0.1, -0.05) is 55.8 Å². The minimum Gasteiger partial charge on any atom is -0.360 e. The summed E-state index contributed by atoms with van der Waals surface area (Å²) >= 11 is 0. The predicted molar refractivity (Wildman–Crippen MR) is 77.9 cm³/mol. The molecule has 0 radical (unpaired) electrons. The molecule has 0 aromatic heterocycles. The minimum atomic E-state index is -0.533. The van der Waals surface area contributed by atoms with E-state index in [1.54, 1.807) is 0 Å². The number of amides is 1. The maximum absolute atomic E-state index is 12.2. The summed E-state index contributed by atoms with van der Waals surface area (Å²) in [7, 11) is 0. The van der Waals surface area contributed by atoms with Crippen molar-refractivity contribution in [1.29, 1.82) is 0 Å². The molecule has 0 aliphatic heterocycles. The van der Waals surface area contributed by atoms with Crippen LogP contribution in [0.4, 0.5) is 0 Å². The molecule has 1 atom stereocenters. The normalized spacial score (nSPS) is 12.5. The maximum Gasteiger partial charge on any atom is 0.253 e. The number of benzene rings is 1. The highest BCUT2D eigenvalue weighted by Crippen LogP contribution is 2.17. The van der Waals surface area contributed by atoms with Crippen LogP contribution in [0.15, 0.2) is 42.5 Å². The Balaban J connectivity index is 2.66. The fourth-order valence-corrected chi connectivity index (χ4v) is 1.68. The van der Waals surface area contributed by atoms with Gasteiger partial charge in [-0.3, -0.25) is 4.79 Å². The molecule has 1 aromatic carbocycles. The number of rotatable bonds is 8. The lowest BCUT2D eigenvalue weighted by Crippen LogP contribution is -2.31. The summed E-state index contributed by atoms with van der Waals surface area (Å²) in [5.41, 5.74) is 0.890. The van der Waals surface area contributed by atoms with Crippen LogP contribution in [0.25, 0.3) is 0 Å². The van der Waals surface area contributed by atoms with Crippen LogP contribution in [0, 0.1) is 0 Å². The quantitative estimate of drug-likeness (QED) is 0.576. The average Bonchev–Trinajstić information content (AvgIpc) is 2.45. The summed E-state index contributed by atoms with van der Waals surface area (Å²) in [6, 6.07) is 9.60. The van der Waals surface area contributed by atoms with E-state index in [0.717, 1.165) is 18.4 Å². The van der Waals surface area contributed by atoms with Crippen LogP contribution in [0.2, 0.25) is 0 Å². The smallest absolute Gasteiger partial charge is 0.253 e. The summed E-state index contributed by atoms with van der Waals surface area (Å²) in [6.45, 7) is 5.18. The van der Waals surface area contributed by atoms with Crippen molar-refractivity contribution in [2.45, 2.75) is 32.8 Å². The van der Waals surface area contributed by atoms with E-state index in [0.29, 0.717) is 13.2 Å². The number of unbranched alkanes of at least 4 members (excludes halogenated alkanes) is 1. The first-order valence-electron chi connectivity index (χ1n) is 6.85. The topological polar surface area (TPSA) is 38.3 Å². The molecule has 1 aromatic rings. The molecule has 0 aliphatic rings. The van der Waals surface area contributed by atoms with E-state index in [1.807, 2.05) is 49.4 Å². The van der Waals surface area contributed by atoms with E-state index in [-0.39, 0.29) is 5.91 Å². The zero-order valence-corrected chi connectivity index (χ0v) is 11.8. The first-order chi connectivity index (χ1) is 9.29. The van der Waals surface area contributed by atoms with Crippen molar-refractivity contribution in [1.82, 2.24) is 5.32 Å². The number of nitrogens with one attached hydrogen (secondary N) is 1. The predicted octanol–water partition coefficient (Wildman–Crippen LogP) is 3.24. The second-order valence-electron chi connectivity index (χ2n) is 4.34. The van der Waals surface area contributed by atoms with E-state index in [4.69, 9.17) is 4.74 Å². The van der Waals surface area contributed by atoms with Crippen LogP contribution in [-0.2, 0) is 9.53 Å². The lowest BCUT2D eigenvalue weighted by molar-refractivity contribution is -0.132. The Morgan fingerprint density at radius 2 is 2.11 bits per heavy atom. The highest BCUT2D eigenvalue weighted by molar-refractivity contribution is 5.82. The fourth-order valence-electron chi connectivity index (χ4n) is 1.68. The molecule has 1 amide bonds. The maximum atomic E-state index is 12.2. The summed E-state index contributed by atoms with van der Waals surface area (Å²) in [5, 5.41) is 2.92. The highest BCUT2D eigenvalue weighted by Gasteiger charge is 2.20. The second-order valence-corrected chi connectivity index (χ2v) is 4.34. The molecule has 1 N–H and O–H groups in total. The van der Waals surface area contributed by atoms with Crippen molar-refractivity contribution in [3.63, 3.8) is 0 Å². The Kier molecular flexibility index (Phi) is 7.59. The van der Waals surface area contributed by atoms with Gasteiger partial charge in [-0.15, -0.1) is 0 Å². The molecular weight excluding hydrogens is 238 g/mol. The van der Waals surface area contributed by atoms with Crippen LogP contribution < -0.4 is 5.32 Å². The van der Waals surface area contributed by atoms with Gasteiger partial charge in [-0.25, -0.2) is 0 Å². The van der Waals surface area contributed by atoms with E-state index in [9.17, 15) is 4.79 Å². The second kappa shape index (κ2) is 9.34. The Hall–Kier alpha value is -1.61. The van der Waals surface area contributed by atoms with Gasteiger partial charge in [-0.2, -0.15) is 0 Å². The number of hydrogen-bond acceptors (Lipinski definition) is 2. The monoisotopic (exact) mass is 261 g/mol. The molecule has 0 saturated carbocycles. The zero-order chi connectivity index (χ0) is 13.9. The molecule has 0 fully saturated rings. The molecule has 0 bridgehead atoms.